The first-order valence-corrected chi connectivity index (χ1v) is 10.2. The number of carbonyl (C=O) groups excluding carboxylic acids is 1. The van der Waals surface area contributed by atoms with Crippen LogP contribution < -0.4 is 10.9 Å². The van der Waals surface area contributed by atoms with Crippen LogP contribution in [0, 0.1) is 6.92 Å². The lowest BCUT2D eigenvalue weighted by Gasteiger charge is -2.34. The van der Waals surface area contributed by atoms with Gasteiger partial charge in [0.05, 0.1) is 0 Å². The molecule has 0 saturated carbocycles. The molecular weight excluding hydrogens is 350 g/mol. The predicted octanol–water partition coefficient (Wildman–Crippen LogP) is 1.21. The molecule has 0 radical (unpaired) electrons. The number of rotatable bonds is 7. The van der Waals surface area contributed by atoms with Gasteiger partial charge in [0.2, 0.25) is 0 Å². The number of carbonyl (C=O) groups is 1. The molecule has 1 amide bonds. The van der Waals surface area contributed by atoms with E-state index in [1.807, 2.05) is 12.3 Å². The largest absolute Gasteiger partial charge is 0.352 e. The molecule has 3 heterocycles. The first-order chi connectivity index (χ1) is 12.6. The molecule has 0 bridgehead atoms. The van der Waals surface area contributed by atoms with E-state index in [1.165, 1.54) is 34.9 Å². The van der Waals surface area contributed by atoms with Crippen molar-refractivity contribution in [1.29, 1.82) is 0 Å². The van der Waals surface area contributed by atoms with Crippen LogP contribution in [0.15, 0.2) is 16.4 Å². The van der Waals surface area contributed by atoms with Crippen LogP contribution >= 0.6 is 11.3 Å². The number of piperazine rings is 1. The summed E-state index contributed by atoms with van der Waals surface area (Å²) in [6, 6.07) is 0. The van der Waals surface area contributed by atoms with Gasteiger partial charge in [-0.1, -0.05) is 6.92 Å². The van der Waals surface area contributed by atoms with Crippen LogP contribution in [0.2, 0.25) is 0 Å². The summed E-state index contributed by atoms with van der Waals surface area (Å²) < 4.78 is 1.50. The fourth-order valence-corrected chi connectivity index (χ4v) is 4.16. The molecule has 1 saturated heterocycles. The smallest absolute Gasteiger partial charge is 0.271 e. The van der Waals surface area contributed by atoms with E-state index in [4.69, 9.17) is 0 Å². The SMILES string of the molecule is CCCN1CCN(CCCNC(=O)c2cnc3scc(C)n3c2=O)CC1. The summed E-state index contributed by atoms with van der Waals surface area (Å²) in [4.78, 5) is 34.6. The number of thiazole rings is 1. The first-order valence-electron chi connectivity index (χ1n) is 9.29. The minimum Gasteiger partial charge on any atom is -0.352 e. The van der Waals surface area contributed by atoms with Crippen LogP contribution in [0.4, 0.5) is 0 Å². The van der Waals surface area contributed by atoms with Gasteiger partial charge in [-0.2, -0.15) is 0 Å². The molecule has 1 aliphatic heterocycles. The van der Waals surface area contributed by atoms with Crippen molar-refractivity contribution in [2.45, 2.75) is 26.7 Å². The highest BCUT2D eigenvalue weighted by Crippen LogP contribution is 2.11. The number of nitrogens with one attached hydrogen (secondary N) is 1. The molecule has 1 N–H and O–H groups in total. The number of nitrogens with zero attached hydrogens (tertiary/aromatic N) is 4. The van der Waals surface area contributed by atoms with Gasteiger partial charge in [0.1, 0.15) is 5.56 Å². The van der Waals surface area contributed by atoms with E-state index in [1.54, 1.807) is 0 Å². The number of amides is 1. The Labute approximate surface area is 157 Å². The van der Waals surface area contributed by atoms with Crippen molar-refractivity contribution in [3.05, 3.63) is 33.2 Å². The summed E-state index contributed by atoms with van der Waals surface area (Å²) in [5, 5.41) is 4.73. The van der Waals surface area contributed by atoms with Crippen molar-refractivity contribution in [3.8, 4) is 0 Å². The molecule has 8 heteroatoms. The molecule has 0 unspecified atom stereocenters. The highest BCUT2D eigenvalue weighted by Gasteiger charge is 2.17. The van der Waals surface area contributed by atoms with E-state index >= 15 is 0 Å². The van der Waals surface area contributed by atoms with Gasteiger partial charge in [-0.05, 0) is 32.9 Å². The van der Waals surface area contributed by atoms with Gasteiger partial charge in [-0.3, -0.25) is 14.0 Å². The maximum Gasteiger partial charge on any atom is 0.271 e. The summed E-state index contributed by atoms with van der Waals surface area (Å²) in [7, 11) is 0. The molecule has 0 aliphatic carbocycles. The average Bonchev–Trinajstić information content (AvgIpc) is 3.02. The van der Waals surface area contributed by atoms with E-state index < -0.39 is 0 Å². The third-order valence-electron chi connectivity index (χ3n) is 4.80. The summed E-state index contributed by atoms with van der Waals surface area (Å²) >= 11 is 1.40. The number of hydrogen-bond donors (Lipinski definition) is 1. The van der Waals surface area contributed by atoms with Crippen molar-refractivity contribution in [1.82, 2.24) is 24.5 Å². The van der Waals surface area contributed by atoms with Gasteiger partial charge < -0.3 is 15.1 Å². The van der Waals surface area contributed by atoms with Crippen LogP contribution in [0.1, 0.15) is 35.8 Å². The van der Waals surface area contributed by atoms with Crippen molar-refractivity contribution in [2.75, 3.05) is 45.8 Å². The Kier molecular flexibility index (Phi) is 6.39. The van der Waals surface area contributed by atoms with Crippen molar-refractivity contribution >= 4 is 22.2 Å². The summed E-state index contributed by atoms with van der Waals surface area (Å²) in [6.45, 7) is 11.2. The molecule has 2 aromatic rings. The summed E-state index contributed by atoms with van der Waals surface area (Å²) in [6.07, 6.45) is 3.47. The van der Waals surface area contributed by atoms with Gasteiger partial charge >= 0.3 is 0 Å². The second-order valence-electron chi connectivity index (χ2n) is 6.76. The highest BCUT2D eigenvalue weighted by atomic mass is 32.1. The van der Waals surface area contributed by atoms with E-state index in [-0.39, 0.29) is 17.0 Å². The second-order valence-corrected chi connectivity index (χ2v) is 7.60. The van der Waals surface area contributed by atoms with Gasteiger partial charge in [0.15, 0.2) is 4.96 Å². The molecule has 0 atom stereocenters. The standard InChI is InChI=1S/C18H27N5O2S/c1-3-6-21-8-10-22(11-9-21)7-4-5-19-16(24)15-12-20-18-23(17(15)25)14(2)13-26-18/h12-13H,3-11H2,1-2H3,(H,19,24). The molecule has 7 nitrogen and oxygen atoms in total. The van der Waals surface area contributed by atoms with Gasteiger partial charge in [0.25, 0.3) is 11.5 Å². The number of aryl methyl sites for hydroxylation is 1. The molecule has 1 aliphatic rings. The van der Waals surface area contributed by atoms with E-state index in [0.717, 1.165) is 44.8 Å². The number of aromatic nitrogens is 2. The van der Waals surface area contributed by atoms with Crippen LogP contribution in [0.3, 0.4) is 0 Å². The normalized spacial score (nSPS) is 16.2. The van der Waals surface area contributed by atoms with Crippen LogP contribution in [0.25, 0.3) is 4.96 Å². The lowest BCUT2D eigenvalue weighted by molar-refractivity contribution is 0.0946. The Balaban J connectivity index is 1.46. The third kappa shape index (κ3) is 4.31. The zero-order chi connectivity index (χ0) is 18.5. The van der Waals surface area contributed by atoms with Gasteiger partial charge in [0, 0.05) is 50.0 Å². The highest BCUT2D eigenvalue weighted by molar-refractivity contribution is 7.15. The second kappa shape index (κ2) is 8.75. The zero-order valence-electron chi connectivity index (χ0n) is 15.5. The van der Waals surface area contributed by atoms with E-state index in [0.29, 0.717) is 11.5 Å². The maximum absolute atomic E-state index is 12.5. The topological polar surface area (TPSA) is 69.9 Å². The van der Waals surface area contributed by atoms with Gasteiger partial charge in [-0.15, -0.1) is 11.3 Å². The average molecular weight is 378 g/mol. The van der Waals surface area contributed by atoms with Crippen molar-refractivity contribution in [3.63, 3.8) is 0 Å². The molecular formula is C18H27N5O2S. The Bertz CT molecular complexity index is 808. The van der Waals surface area contributed by atoms with Crippen LogP contribution in [-0.2, 0) is 0 Å². The van der Waals surface area contributed by atoms with Crippen LogP contribution in [-0.4, -0.2) is 70.9 Å². The van der Waals surface area contributed by atoms with E-state index in [2.05, 4.69) is 27.0 Å². The number of fused-ring (bicyclic) bond motifs is 1. The Morgan fingerprint density at radius 1 is 1.23 bits per heavy atom. The Morgan fingerprint density at radius 2 is 1.92 bits per heavy atom. The lowest BCUT2D eigenvalue weighted by atomic mass is 10.2. The molecule has 26 heavy (non-hydrogen) atoms. The van der Waals surface area contributed by atoms with Crippen LogP contribution in [0.5, 0.6) is 0 Å². The fraction of sp³-hybridized carbons (Fsp3) is 0.611. The minimum absolute atomic E-state index is 0.108. The van der Waals surface area contributed by atoms with E-state index in [9.17, 15) is 9.59 Å². The number of hydrogen-bond acceptors (Lipinski definition) is 6. The zero-order valence-corrected chi connectivity index (χ0v) is 16.3. The molecule has 142 valence electrons. The van der Waals surface area contributed by atoms with Gasteiger partial charge in [-0.25, -0.2) is 4.98 Å². The summed E-state index contributed by atoms with van der Waals surface area (Å²) in [5.74, 6) is -0.338. The molecule has 3 rings (SSSR count). The molecule has 0 spiro atoms. The fourth-order valence-electron chi connectivity index (χ4n) is 3.33. The van der Waals surface area contributed by atoms with Crippen molar-refractivity contribution < 1.29 is 4.79 Å². The van der Waals surface area contributed by atoms with Crippen molar-refractivity contribution in [2.24, 2.45) is 0 Å². The Hall–Kier alpha value is -1.77. The molecule has 1 fully saturated rings. The molecule has 0 aromatic carbocycles. The quantitative estimate of drug-likeness (QED) is 0.735. The minimum atomic E-state index is -0.338. The predicted molar refractivity (Wildman–Crippen MR) is 104 cm³/mol. The maximum atomic E-state index is 12.5. The summed E-state index contributed by atoms with van der Waals surface area (Å²) in [5.41, 5.74) is 0.620. The first kappa shape index (κ1) is 19.0. The third-order valence-corrected chi connectivity index (χ3v) is 5.76. The lowest BCUT2D eigenvalue weighted by Crippen LogP contribution is -2.47. The monoisotopic (exact) mass is 377 g/mol. The Morgan fingerprint density at radius 3 is 2.62 bits per heavy atom. The molecule has 2 aromatic heterocycles.